The van der Waals surface area contributed by atoms with Crippen LogP contribution in [0, 0.1) is 5.92 Å². The summed E-state index contributed by atoms with van der Waals surface area (Å²) >= 11 is 2.36. The third kappa shape index (κ3) is 5.60. The van der Waals surface area contributed by atoms with Crippen LogP contribution in [0.25, 0.3) is 0 Å². The van der Waals surface area contributed by atoms with Gasteiger partial charge in [-0.25, -0.2) is 0 Å². The summed E-state index contributed by atoms with van der Waals surface area (Å²) in [4.78, 5) is 0. The predicted molar refractivity (Wildman–Crippen MR) is 92.6 cm³/mol. The van der Waals surface area contributed by atoms with E-state index in [9.17, 15) is 0 Å². The van der Waals surface area contributed by atoms with E-state index in [4.69, 9.17) is 0 Å². The molecule has 2 saturated carbocycles. The number of rotatable bonds is 5. The monoisotopic (exact) mass is 297 g/mol. The molecule has 0 aromatic rings. The Morgan fingerprint density at radius 2 is 1.75 bits per heavy atom. The summed E-state index contributed by atoms with van der Waals surface area (Å²) in [6.07, 6.45) is 15.9. The van der Waals surface area contributed by atoms with Crippen molar-refractivity contribution in [3.8, 4) is 0 Å². The Balaban J connectivity index is 1.87. The standard InChI is InChI=1S/C18H35NS/c1-3-13-19-17-11-6-4-5-7-12-18(17)20-16-10-8-9-15(2)14-16/h15-19H,3-14H2,1-2H3. The van der Waals surface area contributed by atoms with Crippen molar-refractivity contribution in [1.29, 1.82) is 0 Å². The molecule has 0 bridgehead atoms. The molecule has 2 aliphatic carbocycles. The van der Waals surface area contributed by atoms with E-state index in [1.54, 1.807) is 0 Å². The summed E-state index contributed by atoms with van der Waals surface area (Å²) in [7, 11) is 0. The second kappa shape index (κ2) is 9.35. The average Bonchev–Trinajstić information content (AvgIpc) is 2.41. The van der Waals surface area contributed by atoms with Gasteiger partial charge in [0.05, 0.1) is 0 Å². The topological polar surface area (TPSA) is 12.0 Å². The van der Waals surface area contributed by atoms with E-state index in [2.05, 4.69) is 30.9 Å². The van der Waals surface area contributed by atoms with Crippen LogP contribution in [-0.4, -0.2) is 23.1 Å². The van der Waals surface area contributed by atoms with Crippen LogP contribution in [0.1, 0.15) is 84.5 Å². The zero-order chi connectivity index (χ0) is 14.2. The van der Waals surface area contributed by atoms with Gasteiger partial charge in [-0.05, 0) is 44.6 Å². The Labute approximate surface area is 131 Å². The highest BCUT2D eigenvalue weighted by Gasteiger charge is 2.28. The van der Waals surface area contributed by atoms with E-state index in [0.29, 0.717) is 0 Å². The van der Waals surface area contributed by atoms with Gasteiger partial charge in [0.1, 0.15) is 0 Å². The Morgan fingerprint density at radius 1 is 0.950 bits per heavy atom. The fourth-order valence-corrected chi connectivity index (χ4v) is 5.89. The number of thioether (sulfide) groups is 1. The molecule has 20 heavy (non-hydrogen) atoms. The van der Waals surface area contributed by atoms with Gasteiger partial charge in [-0.1, -0.05) is 52.4 Å². The van der Waals surface area contributed by atoms with Gasteiger partial charge in [-0.2, -0.15) is 11.8 Å². The van der Waals surface area contributed by atoms with Crippen LogP contribution in [0.3, 0.4) is 0 Å². The van der Waals surface area contributed by atoms with Crippen molar-refractivity contribution in [2.45, 2.75) is 101 Å². The molecule has 0 aromatic heterocycles. The van der Waals surface area contributed by atoms with Crippen molar-refractivity contribution in [3.05, 3.63) is 0 Å². The van der Waals surface area contributed by atoms with Gasteiger partial charge < -0.3 is 5.32 Å². The molecule has 0 amide bonds. The smallest absolute Gasteiger partial charge is 0.0203 e. The van der Waals surface area contributed by atoms with Gasteiger partial charge in [-0.3, -0.25) is 0 Å². The third-order valence-corrected chi connectivity index (χ3v) is 6.84. The Bertz CT molecular complexity index is 254. The minimum atomic E-state index is 0.789. The van der Waals surface area contributed by atoms with Crippen molar-refractivity contribution in [1.82, 2.24) is 5.32 Å². The summed E-state index contributed by atoms with van der Waals surface area (Å²) in [5.74, 6) is 0.969. The van der Waals surface area contributed by atoms with Gasteiger partial charge >= 0.3 is 0 Å². The van der Waals surface area contributed by atoms with Gasteiger partial charge in [0.15, 0.2) is 0 Å². The Kier molecular flexibility index (Phi) is 7.80. The minimum Gasteiger partial charge on any atom is -0.313 e. The second-order valence-corrected chi connectivity index (χ2v) is 8.66. The maximum absolute atomic E-state index is 3.87. The molecule has 4 unspecified atom stereocenters. The fourth-order valence-electron chi connectivity index (χ4n) is 3.93. The minimum absolute atomic E-state index is 0.789. The molecular weight excluding hydrogens is 262 g/mol. The van der Waals surface area contributed by atoms with Gasteiger partial charge in [0, 0.05) is 16.5 Å². The number of hydrogen-bond donors (Lipinski definition) is 1. The molecular formula is C18H35NS. The summed E-state index contributed by atoms with van der Waals surface area (Å²) in [6.45, 7) is 5.96. The first-order valence-corrected chi connectivity index (χ1v) is 10.1. The molecule has 2 heteroatoms. The van der Waals surface area contributed by atoms with Gasteiger partial charge in [0.2, 0.25) is 0 Å². The number of hydrogen-bond acceptors (Lipinski definition) is 2. The molecule has 1 N–H and O–H groups in total. The van der Waals surface area contributed by atoms with Crippen LogP contribution in [-0.2, 0) is 0 Å². The lowest BCUT2D eigenvalue weighted by Gasteiger charge is -2.35. The highest BCUT2D eigenvalue weighted by atomic mass is 32.2. The van der Waals surface area contributed by atoms with Crippen LogP contribution < -0.4 is 5.32 Å². The van der Waals surface area contributed by atoms with Crippen LogP contribution in [0.4, 0.5) is 0 Å². The molecule has 0 saturated heterocycles. The van der Waals surface area contributed by atoms with Gasteiger partial charge in [-0.15, -0.1) is 0 Å². The van der Waals surface area contributed by atoms with Crippen molar-refractivity contribution in [2.24, 2.45) is 5.92 Å². The van der Waals surface area contributed by atoms with Crippen molar-refractivity contribution in [3.63, 3.8) is 0 Å². The zero-order valence-corrected chi connectivity index (χ0v) is 14.5. The largest absolute Gasteiger partial charge is 0.313 e. The molecule has 0 radical (unpaired) electrons. The quantitative estimate of drug-likeness (QED) is 0.730. The van der Waals surface area contributed by atoms with Crippen molar-refractivity contribution < 1.29 is 0 Å². The zero-order valence-electron chi connectivity index (χ0n) is 13.7. The fraction of sp³-hybridized carbons (Fsp3) is 1.00. The summed E-state index contributed by atoms with van der Waals surface area (Å²) < 4.78 is 0. The molecule has 1 nitrogen and oxygen atoms in total. The lowest BCUT2D eigenvalue weighted by molar-refractivity contribution is 0.381. The summed E-state index contributed by atoms with van der Waals surface area (Å²) in [5, 5.41) is 5.71. The summed E-state index contributed by atoms with van der Waals surface area (Å²) in [6, 6.07) is 0.789. The van der Waals surface area contributed by atoms with E-state index in [1.807, 2.05) is 0 Å². The molecule has 2 fully saturated rings. The van der Waals surface area contributed by atoms with E-state index < -0.39 is 0 Å². The van der Waals surface area contributed by atoms with E-state index in [0.717, 1.165) is 22.5 Å². The first kappa shape index (κ1) is 16.7. The van der Waals surface area contributed by atoms with E-state index in [1.165, 1.54) is 77.2 Å². The van der Waals surface area contributed by atoms with Crippen LogP contribution in [0.2, 0.25) is 0 Å². The first-order valence-electron chi connectivity index (χ1n) is 9.18. The lowest BCUT2D eigenvalue weighted by atomic mass is 9.90. The van der Waals surface area contributed by atoms with Crippen LogP contribution in [0.5, 0.6) is 0 Å². The SMILES string of the molecule is CCCNC1CCCCCCC1SC1CCCC(C)C1. The normalized spacial score (nSPS) is 36.3. The second-order valence-electron chi connectivity index (χ2n) is 7.12. The molecule has 2 aliphatic rings. The van der Waals surface area contributed by atoms with Crippen molar-refractivity contribution in [2.75, 3.05) is 6.54 Å². The molecule has 0 spiro atoms. The van der Waals surface area contributed by atoms with Crippen molar-refractivity contribution >= 4 is 11.8 Å². The maximum Gasteiger partial charge on any atom is 0.0203 e. The van der Waals surface area contributed by atoms with Crippen LogP contribution in [0.15, 0.2) is 0 Å². The number of nitrogens with one attached hydrogen (secondary N) is 1. The van der Waals surface area contributed by atoms with Gasteiger partial charge in [0.25, 0.3) is 0 Å². The molecule has 2 rings (SSSR count). The maximum atomic E-state index is 3.87. The molecule has 0 aromatic carbocycles. The Morgan fingerprint density at radius 3 is 2.50 bits per heavy atom. The van der Waals surface area contributed by atoms with E-state index >= 15 is 0 Å². The highest BCUT2D eigenvalue weighted by molar-refractivity contribution is 8.00. The predicted octanol–water partition coefficient (Wildman–Crippen LogP) is 5.39. The molecule has 0 aliphatic heterocycles. The molecule has 118 valence electrons. The Hall–Kier alpha value is 0.310. The highest BCUT2D eigenvalue weighted by Crippen LogP contribution is 2.38. The molecule has 0 heterocycles. The average molecular weight is 298 g/mol. The van der Waals surface area contributed by atoms with E-state index in [-0.39, 0.29) is 0 Å². The van der Waals surface area contributed by atoms with Crippen LogP contribution >= 0.6 is 11.8 Å². The summed E-state index contributed by atoms with van der Waals surface area (Å²) in [5.41, 5.74) is 0. The third-order valence-electron chi connectivity index (χ3n) is 5.11. The lowest BCUT2D eigenvalue weighted by Crippen LogP contribution is -2.40. The molecule has 4 atom stereocenters. The first-order chi connectivity index (χ1) is 9.79.